The minimum absolute atomic E-state index is 0.0915. The van der Waals surface area contributed by atoms with Crippen molar-refractivity contribution < 1.29 is 9.53 Å². The third-order valence-electron chi connectivity index (χ3n) is 2.81. The molecule has 0 aliphatic carbocycles. The van der Waals surface area contributed by atoms with Crippen molar-refractivity contribution in [2.45, 2.75) is 72.6 Å². The van der Waals surface area contributed by atoms with E-state index in [1.165, 1.54) is 0 Å². The van der Waals surface area contributed by atoms with Gasteiger partial charge in [0.2, 0.25) is 0 Å². The van der Waals surface area contributed by atoms with Gasteiger partial charge in [-0.05, 0) is 40.0 Å². The van der Waals surface area contributed by atoms with Crippen molar-refractivity contribution in [1.82, 2.24) is 10.6 Å². The Morgan fingerprint density at radius 3 is 2.17 bits per heavy atom. The average molecular weight is 258 g/mol. The number of alkyl carbamates (subject to hydrolysis) is 1. The number of nitrogens with one attached hydrogen (secondary N) is 2. The maximum absolute atomic E-state index is 11.7. The van der Waals surface area contributed by atoms with Crippen LogP contribution < -0.4 is 10.6 Å². The van der Waals surface area contributed by atoms with Gasteiger partial charge in [0.1, 0.15) is 5.60 Å². The van der Waals surface area contributed by atoms with Crippen LogP contribution >= 0.6 is 0 Å². The van der Waals surface area contributed by atoms with Gasteiger partial charge in [-0.15, -0.1) is 0 Å². The molecule has 18 heavy (non-hydrogen) atoms. The van der Waals surface area contributed by atoms with Crippen LogP contribution in [0.15, 0.2) is 0 Å². The van der Waals surface area contributed by atoms with E-state index in [1.54, 1.807) is 0 Å². The molecule has 4 heteroatoms. The fourth-order valence-corrected chi connectivity index (χ4v) is 1.38. The zero-order chi connectivity index (χ0) is 14.3. The highest BCUT2D eigenvalue weighted by molar-refractivity contribution is 5.68. The highest BCUT2D eigenvalue weighted by atomic mass is 16.6. The molecule has 2 atom stereocenters. The molecule has 0 radical (unpaired) electrons. The smallest absolute Gasteiger partial charge is 0.407 e. The quantitative estimate of drug-likeness (QED) is 0.770. The third kappa shape index (κ3) is 8.34. The normalized spacial score (nSPS) is 15.3. The van der Waals surface area contributed by atoms with Gasteiger partial charge in [-0.1, -0.05) is 20.8 Å². The Bertz CT molecular complexity index is 247. The number of hydrogen-bond donors (Lipinski definition) is 2. The summed E-state index contributed by atoms with van der Waals surface area (Å²) < 4.78 is 5.27. The molecular weight excluding hydrogens is 228 g/mol. The van der Waals surface area contributed by atoms with E-state index < -0.39 is 5.60 Å². The Morgan fingerprint density at radius 2 is 1.78 bits per heavy atom. The van der Waals surface area contributed by atoms with Crippen LogP contribution in [0.4, 0.5) is 4.79 Å². The third-order valence-corrected chi connectivity index (χ3v) is 2.81. The first kappa shape index (κ1) is 17.2. The van der Waals surface area contributed by atoms with Gasteiger partial charge in [-0.3, -0.25) is 0 Å². The first-order valence-corrected chi connectivity index (χ1v) is 6.88. The number of rotatable bonds is 6. The number of carbonyl (C=O) groups is 1. The Labute approximate surface area is 112 Å². The highest BCUT2D eigenvalue weighted by Crippen LogP contribution is 2.08. The molecule has 0 aromatic heterocycles. The summed E-state index contributed by atoms with van der Waals surface area (Å²) >= 11 is 0. The van der Waals surface area contributed by atoms with Crippen LogP contribution in [0.3, 0.4) is 0 Å². The van der Waals surface area contributed by atoms with Crippen molar-refractivity contribution in [3.63, 3.8) is 0 Å². The summed E-state index contributed by atoms with van der Waals surface area (Å²) in [5.74, 6) is 0.370. The molecule has 0 heterocycles. The van der Waals surface area contributed by atoms with E-state index in [1.807, 2.05) is 20.8 Å². The van der Waals surface area contributed by atoms with Gasteiger partial charge in [-0.25, -0.2) is 4.79 Å². The molecule has 2 N–H and O–H groups in total. The van der Waals surface area contributed by atoms with Gasteiger partial charge in [0.05, 0.1) is 0 Å². The lowest BCUT2D eigenvalue weighted by Gasteiger charge is -2.27. The first-order valence-electron chi connectivity index (χ1n) is 6.88. The van der Waals surface area contributed by atoms with Gasteiger partial charge in [-0.2, -0.15) is 0 Å². The van der Waals surface area contributed by atoms with Crippen molar-refractivity contribution in [3.8, 4) is 0 Å². The summed E-state index contributed by atoms with van der Waals surface area (Å²) in [4.78, 5) is 11.7. The molecule has 1 amide bonds. The van der Waals surface area contributed by atoms with E-state index in [0.717, 1.165) is 13.0 Å². The van der Waals surface area contributed by atoms with Gasteiger partial charge < -0.3 is 15.4 Å². The number of ether oxygens (including phenoxy) is 1. The second-order valence-electron chi connectivity index (χ2n) is 6.21. The maximum Gasteiger partial charge on any atom is 0.407 e. The van der Waals surface area contributed by atoms with E-state index in [0.29, 0.717) is 12.0 Å². The molecule has 108 valence electrons. The monoisotopic (exact) mass is 258 g/mol. The van der Waals surface area contributed by atoms with E-state index in [9.17, 15) is 4.79 Å². The molecule has 2 unspecified atom stereocenters. The SMILES string of the molecule is CCC(C)NCC(NC(=O)OC(C)(C)C)C(C)C. The largest absolute Gasteiger partial charge is 0.444 e. The van der Waals surface area contributed by atoms with Crippen LogP contribution in [0.25, 0.3) is 0 Å². The lowest BCUT2D eigenvalue weighted by Crippen LogP contribution is -2.48. The minimum atomic E-state index is -0.449. The van der Waals surface area contributed by atoms with E-state index in [4.69, 9.17) is 4.74 Å². The number of hydrogen-bond acceptors (Lipinski definition) is 3. The lowest BCUT2D eigenvalue weighted by atomic mass is 10.0. The van der Waals surface area contributed by atoms with E-state index >= 15 is 0 Å². The molecule has 0 rings (SSSR count). The molecule has 0 aliphatic heterocycles. The number of amides is 1. The van der Waals surface area contributed by atoms with Gasteiger partial charge in [0.15, 0.2) is 0 Å². The Kier molecular flexibility index (Phi) is 7.29. The molecule has 0 aromatic carbocycles. The Morgan fingerprint density at radius 1 is 1.22 bits per heavy atom. The van der Waals surface area contributed by atoms with E-state index in [2.05, 4.69) is 38.3 Å². The van der Waals surface area contributed by atoms with Crippen LogP contribution in [0.2, 0.25) is 0 Å². The predicted octanol–water partition coefficient (Wildman–Crippen LogP) is 2.92. The van der Waals surface area contributed by atoms with E-state index in [-0.39, 0.29) is 12.1 Å². The fourth-order valence-electron chi connectivity index (χ4n) is 1.38. The molecule has 0 aliphatic rings. The molecule has 0 aromatic rings. The van der Waals surface area contributed by atoms with Crippen molar-refractivity contribution in [2.75, 3.05) is 6.54 Å². The van der Waals surface area contributed by atoms with Crippen molar-refractivity contribution in [2.24, 2.45) is 5.92 Å². The van der Waals surface area contributed by atoms with Gasteiger partial charge in [0.25, 0.3) is 0 Å². The van der Waals surface area contributed by atoms with Gasteiger partial charge in [0, 0.05) is 18.6 Å². The summed E-state index contributed by atoms with van der Waals surface area (Å²) in [6.07, 6.45) is 0.740. The summed E-state index contributed by atoms with van der Waals surface area (Å²) in [5.41, 5.74) is -0.449. The molecular formula is C14H30N2O2. The minimum Gasteiger partial charge on any atom is -0.444 e. The molecule has 0 fully saturated rings. The second-order valence-corrected chi connectivity index (χ2v) is 6.21. The Hall–Kier alpha value is -0.770. The van der Waals surface area contributed by atoms with Crippen molar-refractivity contribution in [1.29, 1.82) is 0 Å². The zero-order valence-corrected chi connectivity index (χ0v) is 13.0. The standard InChI is InChI=1S/C14H30N2O2/c1-8-11(4)15-9-12(10(2)3)16-13(17)18-14(5,6)7/h10-12,15H,8-9H2,1-7H3,(H,16,17). The molecule has 0 saturated carbocycles. The molecule has 0 spiro atoms. The topological polar surface area (TPSA) is 50.4 Å². The zero-order valence-electron chi connectivity index (χ0n) is 13.0. The lowest BCUT2D eigenvalue weighted by molar-refractivity contribution is 0.0489. The fraction of sp³-hybridized carbons (Fsp3) is 0.929. The Balaban J connectivity index is 4.23. The number of carbonyl (C=O) groups excluding carboxylic acids is 1. The molecule has 0 saturated heterocycles. The summed E-state index contributed by atoms with van der Waals surface area (Å²) in [6.45, 7) is 14.9. The summed E-state index contributed by atoms with van der Waals surface area (Å²) in [7, 11) is 0. The summed E-state index contributed by atoms with van der Waals surface area (Å²) in [5, 5.41) is 6.34. The predicted molar refractivity (Wildman–Crippen MR) is 75.8 cm³/mol. The molecule has 4 nitrogen and oxygen atoms in total. The average Bonchev–Trinajstić information content (AvgIpc) is 2.20. The second kappa shape index (κ2) is 7.62. The van der Waals surface area contributed by atoms with Crippen molar-refractivity contribution >= 4 is 6.09 Å². The first-order chi connectivity index (χ1) is 8.15. The van der Waals surface area contributed by atoms with Crippen LogP contribution in [0.1, 0.15) is 54.9 Å². The van der Waals surface area contributed by atoms with Gasteiger partial charge >= 0.3 is 6.09 Å². The van der Waals surface area contributed by atoms with Crippen LogP contribution in [0, 0.1) is 5.92 Å². The summed E-state index contributed by atoms with van der Waals surface area (Å²) in [6, 6.07) is 0.556. The molecule has 0 bridgehead atoms. The van der Waals surface area contributed by atoms with Crippen LogP contribution in [0.5, 0.6) is 0 Å². The highest BCUT2D eigenvalue weighted by Gasteiger charge is 2.21. The maximum atomic E-state index is 11.7. The van der Waals surface area contributed by atoms with Crippen LogP contribution in [-0.2, 0) is 4.74 Å². The van der Waals surface area contributed by atoms with Crippen molar-refractivity contribution in [3.05, 3.63) is 0 Å². The van der Waals surface area contributed by atoms with Crippen LogP contribution in [-0.4, -0.2) is 30.3 Å².